The molecule has 0 atom stereocenters. The van der Waals surface area contributed by atoms with E-state index in [-0.39, 0.29) is 71.6 Å². The molecule has 0 bridgehead atoms. The van der Waals surface area contributed by atoms with Crippen molar-refractivity contribution in [2.24, 2.45) is 0 Å². The minimum Gasteiger partial charge on any atom is 0 e. The van der Waals surface area contributed by atoms with E-state index in [1.54, 1.807) is 0 Å². The van der Waals surface area contributed by atoms with Gasteiger partial charge in [-0.2, -0.15) is 0 Å². The normalized spacial score (nSPS) is 0. The van der Waals surface area contributed by atoms with Crippen LogP contribution in [0.4, 0.5) is 0 Å². The van der Waals surface area contributed by atoms with E-state index in [1.165, 1.54) is 0 Å². The minimum absolute atomic E-state index is 0. The zero-order valence-corrected chi connectivity index (χ0v) is 7.82. The van der Waals surface area contributed by atoms with E-state index >= 15 is 0 Å². The number of hydrogen-bond donors (Lipinski definition) is 0. The molecule has 0 aromatic carbocycles. The molecule has 4 heteroatoms. The van der Waals surface area contributed by atoms with E-state index < -0.39 is 0 Å². The van der Waals surface area contributed by atoms with Crippen LogP contribution in [0.3, 0.4) is 0 Å². The van der Waals surface area contributed by atoms with Gasteiger partial charge in [-0.3, -0.25) is 0 Å². The van der Waals surface area contributed by atoms with Gasteiger partial charge in [0.25, 0.3) is 0 Å². The molecule has 0 spiro atoms. The van der Waals surface area contributed by atoms with Crippen LogP contribution in [-0.2, 0) is 63.2 Å². The zero-order valence-electron chi connectivity index (χ0n) is 1.80. The third kappa shape index (κ3) is 8.92. The first kappa shape index (κ1) is 35.6. The van der Waals surface area contributed by atoms with E-state index in [9.17, 15) is 0 Å². The fraction of sp³-hybridized carbons (Fsp3) is 0. The molecule has 0 aliphatic heterocycles. The van der Waals surface area contributed by atoms with E-state index in [4.69, 9.17) is 0 Å². The molecule has 0 nitrogen and oxygen atoms in total. The molecular weight excluding hydrogens is 299 g/mol. The molecule has 0 aliphatic rings. The Labute approximate surface area is 70.9 Å². The third-order valence-corrected chi connectivity index (χ3v) is 0. The van der Waals surface area contributed by atoms with Crippen LogP contribution < -0.4 is 0 Å². The van der Waals surface area contributed by atoms with Crippen LogP contribution in [0.2, 0.25) is 0 Å². The summed E-state index contributed by atoms with van der Waals surface area (Å²) in [5.41, 5.74) is 0. The second-order valence-corrected chi connectivity index (χ2v) is 0. The summed E-state index contributed by atoms with van der Waals surface area (Å²) in [4.78, 5) is 0. The maximum atomic E-state index is 0. The SMILES string of the molecule is [B].[Mo].[Mo].[Mo]. The summed E-state index contributed by atoms with van der Waals surface area (Å²) in [6.07, 6.45) is 0. The van der Waals surface area contributed by atoms with Crippen LogP contribution in [0.25, 0.3) is 0 Å². The second kappa shape index (κ2) is 19.3. The summed E-state index contributed by atoms with van der Waals surface area (Å²) >= 11 is 0. The summed E-state index contributed by atoms with van der Waals surface area (Å²) in [7, 11) is 0. The molecule has 21 valence electrons. The molecular formula is BMo3. The van der Waals surface area contributed by atoms with Crippen molar-refractivity contribution in [2.45, 2.75) is 0 Å². The van der Waals surface area contributed by atoms with Gasteiger partial charge in [0.2, 0.25) is 0 Å². The number of rotatable bonds is 0. The molecule has 0 saturated heterocycles. The van der Waals surface area contributed by atoms with Crippen LogP contribution in [0.1, 0.15) is 0 Å². The van der Waals surface area contributed by atoms with Gasteiger partial charge in [0.1, 0.15) is 0 Å². The van der Waals surface area contributed by atoms with E-state index in [0.29, 0.717) is 0 Å². The van der Waals surface area contributed by atoms with Crippen molar-refractivity contribution in [3.8, 4) is 0 Å². The van der Waals surface area contributed by atoms with Crippen molar-refractivity contribution in [1.82, 2.24) is 0 Å². The van der Waals surface area contributed by atoms with Crippen molar-refractivity contribution in [1.29, 1.82) is 0 Å². The summed E-state index contributed by atoms with van der Waals surface area (Å²) in [6.45, 7) is 0. The Hall–Kier alpha value is 2.13. The predicted molar refractivity (Wildman–Crippen MR) is 5.75 cm³/mol. The van der Waals surface area contributed by atoms with Crippen molar-refractivity contribution in [3.63, 3.8) is 0 Å². The standard InChI is InChI=1S/B.3Mo. The van der Waals surface area contributed by atoms with Crippen LogP contribution in [-0.4, -0.2) is 8.41 Å². The van der Waals surface area contributed by atoms with Gasteiger partial charge in [0.15, 0.2) is 0 Å². The third-order valence-electron chi connectivity index (χ3n) is 0. The van der Waals surface area contributed by atoms with Gasteiger partial charge in [0, 0.05) is 71.6 Å². The molecule has 0 aromatic rings. The molecule has 0 aliphatic carbocycles. The van der Waals surface area contributed by atoms with Gasteiger partial charge in [-0.1, -0.05) is 0 Å². The van der Waals surface area contributed by atoms with Crippen LogP contribution in [0.15, 0.2) is 0 Å². The molecule has 0 aromatic heterocycles. The Bertz CT molecular complexity index is 3.25. The average Bonchev–Trinajstić information content (AvgIpc) is 0. The second-order valence-electron chi connectivity index (χ2n) is 0. The molecule has 0 heterocycles. The average molecular weight is 299 g/mol. The van der Waals surface area contributed by atoms with Crippen LogP contribution in [0, 0.1) is 0 Å². The maximum absolute atomic E-state index is 0. The minimum atomic E-state index is 0. The van der Waals surface area contributed by atoms with Gasteiger partial charge in [-0.15, -0.1) is 0 Å². The summed E-state index contributed by atoms with van der Waals surface area (Å²) < 4.78 is 0. The van der Waals surface area contributed by atoms with E-state index in [0.717, 1.165) is 0 Å². The zero-order chi connectivity index (χ0) is 0. The molecule has 0 N–H and O–H groups in total. The maximum Gasteiger partial charge on any atom is 0 e. The smallest absolute Gasteiger partial charge is 0 e. The first-order valence-electron chi connectivity index (χ1n) is 0. The molecule has 0 saturated carbocycles. The fourth-order valence-electron chi connectivity index (χ4n) is 0. The predicted octanol–water partition coefficient (Wildman–Crippen LogP) is -0.388. The fourth-order valence-corrected chi connectivity index (χ4v) is 0. The van der Waals surface area contributed by atoms with Crippen molar-refractivity contribution in [3.05, 3.63) is 0 Å². The van der Waals surface area contributed by atoms with Gasteiger partial charge < -0.3 is 0 Å². The van der Waals surface area contributed by atoms with Gasteiger partial charge in [-0.05, 0) is 0 Å². The van der Waals surface area contributed by atoms with E-state index in [1.807, 2.05) is 0 Å². The van der Waals surface area contributed by atoms with Crippen LogP contribution in [0.5, 0.6) is 0 Å². The Balaban J connectivity index is 0. The Morgan fingerprint density at radius 1 is 0.500 bits per heavy atom. The quantitative estimate of drug-likeness (QED) is 0.535. The molecule has 0 fully saturated rings. The summed E-state index contributed by atoms with van der Waals surface area (Å²) in [6, 6.07) is 0. The molecule has 3 radical (unpaired) electrons. The van der Waals surface area contributed by atoms with Crippen molar-refractivity contribution >= 4 is 8.41 Å². The molecule has 0 amide bonds. The van der Waals surface area contributed by atoms with Crippen molar-refractivity contribution < 1.29 is 63.2 Å². The molecule has 0 unspecified atom stereocenters. The van der Waals surface area contributed by atoms with Gasteiger partial charge >= 0.3 is 0 Å². The Morgan fingerprint density at radius 2 is 0.500 bits per heavy atom. The first-order valence-corrected chi connectivity index (χ1v) is 0. The summed E-state index contributed by atoms with van der Waals surface area (Å²) in [5.74, 6) is 0. The Morgan fingerprint density at radius 3 is 0.500 bits per heavy atom. The first-order chi connectivity index (χ1) is 0. The van der Waals surface area contributed by atoms with Crippen molar-refractivity contribution in [2.75, 3.05) is 0 Å². The van der Waals surface area contributed by atoms with Gasteiger partial charge in [0.05, 0.1) is 0 Å². The molecule has 4 heavy (non-hydrogen) atoms. The number of hydrogen-bond acceptors (Lipinski definition) is 0. The topological polar surface area (TPSA) is 0 Å². The monoisotopic (exact) mass is 305 g/mol. The Kier molecular flexibility index (Phi) is 171. The van der Waals surface area contributed by atoms with Gasteiger partial charge in [-0.25, -0.2) is 0 Å². The van der Waals surface area contributed by atoms with E-state index in [2.05, 4.69) is 0 Å². The van der Waals surface area contributed by atoms with Crippen LogP contribution >= 0.6 is 0 Å². The molecule has 0 rings (SSSR count). The summed E-state index contributed by atoms with van der Waals surface area (Å²) in [5, 5.41) is 0. The largest absolute Gasteiger partial charge is 0 e.